The molecule has 0 aliphatic rings. The van der Waals surface area contributed by atoms with Gasteiger partial charge in [0.1, 0.15) is 5.82 Å². The highest BCUT2D eigenvalue weighted by atomic mass is 15.0. The number of hydrogen-bond acceptors (Lipinski definition) is 3. The smallest absolute Gasteiger partial charge is 0.110 e. The maximum atomic E-state index is 4.43. The van der Waals surface area contributed by atoms with Crippen LogP contribution in [0.3, 0.4) is 0 Å². The van der Waals surface area contributed by atoms with Crippen molar-refractivity contribution in [1.29, 1.82) is 0 Å². The summed E-state index contributed by atoms with van der Waals surface area (Å²) < 4.78 is 2.08. The average molecular weight is 258 g/mol. The van der Waals surface area contributed by atoms with E-state index in [0.717, 1.165) is 25.2 Å². The van der Waals surface area contributed by atoms with Crippen LogP contribution in [0, 0.1) is 0 Å². The SMILES string of the molecule is CCNC(Cc1nccn1C)c1ccncc1CC. The van der Waals surface area contributed by atoms with Crippen molar-refractivity contribution in [2.24, 2.45) is 7.05 Å². The third-order valence-electron chi connectivity index (χ3n) is 3.46. The molecule has 1 atom stereocenters. The topological polar surface area (TPSA) is 42.7 Å². The summed E-state index contributed by atoms with van der Waals surface area (Å²) in [6.07, 6.45) is 9.59. The van der Waals surface area contributed by atoms with Gasteiger partial charge in [-0.2, -0.15) is 0 Å². The largest absolute Gasteiger partial charge is 0.338 e. The molecule has 0 aromatic carbocycles. The van der Waals surface area contributed by atoms with Gasteiger partial charge < -0.3 is 9.88 Å². The lowest BCUT2D eigenvalue weighted by atomic mass is 9.98. The highest BCUT2D eigenvalue weighted by Gasteiger charge is 2.16. The minimum Gasteiger partial charge on any atom is -0.338 e. The minimum absolute atomic E-state index is 0.295. The van der Waals surface area contributed by atoms with Crippen molar-refractivity contribution < 1.29 is 0 Å². The molecule has 102 valence electrons. The van der Waals surface area contributed by atoms with Crippen LogP contribution in [0.25, 0.3) is 0 Å². The van der Waals surface area contributed by atoms with Gasteiger partial charge >= 0.3 is 0 Å². The molecule has 0 fully saturated rings. The fraction of sp³-hybridized carbons (Fsp3) is 0.467. The van der Waals surface area contributed by atoms with Gasteiger partial charge in [0.05, 0.1) is 0 Å². The molecule has 0 spiro atoms. The van der Waals surface area contributed by atoms with Crippen molar-refractivity contribution in [2.75, 3.05) is 6.54 Å². The molecule has 2 aromatic heterocycles. The zero-order valence-electron chi connectivity index (χ0n) is 11.9. The predicted octanol–water partition coefficient (Wildman–Crippen LogP) is 2.27. The van der Waals surface area contributed by atoms with Crippen LogP contribution < -0.4 is 5.32 Å². The summed E-state index contributed by atoms with van der Waals surface area (Å²) in [7, 11) is 2.04. The van der Waals surface area contributed by atoms with Crippen molar-refractivity contribution in [3.05, 3.63) is 47.8 Å². The van der Waals surface area contributed by atoms with Gasteiger partial charge in [-0.3, -0.25) is 4.98 Å². The Balaban J connectivity index is 2.27. The zero-order chi connectivity index (χ0) is 13.7. The quantitative estimate of drug-likeness (QED) is 0.864. The van der Waals surface area contributed by atoms with Gasteiger partial charge in [0.15, 0.2) is 0 Å². The molecule has 0 aliphatic carbocycles. The van der Waals surface area contributed by atoms with Crippen LogP contribution in [-0.2, 0) is 19.9 Å². The molecule has 0 bridgehead atoms. The Labute approximate surface area is 114 Å². The summed E-state index contributed by atoms with van der Waals surface area (Å²) in [4.78, 5) is 8.65. The lowest BCUT2D eigenvalue weighted by Crippen LogP contribution is -2.25. The molecule has 1 unspecified atom stereocenters. The number of imidazole rings is 1. The summed E-state index contributed by atoms with van der Waals surface area (Å²) in [6.45, 7) is 5.25. The Kier molecular flexibility index (Phi) is 4.68. The standard InChI is InChI=1S/C15H22N4/c1-4-12-11-16-7-6-13(12)14(17-5-2)10-15-18-8-9-19(15)3/h6-9,11,14,17H,4-5,10H2,1-3H3. The Bertz CT molecular complexity index is 518. The van der Waals surface area contributed by atoms with Crippen LogP contribution in [0.4, 0.5) is 0 Å². The Morgan fingerprint density at radius 2 is 2.16 bits per heavy atom. The first kappa shape index (κ1) is 13.7. The molecule has 19 heavy (non-hydrogen) atoms. The summed E-state index contributed by atoms with van der Waals surface area (Å²) in [5.41, 5.74) is 2.64. The first-order valence-corrected chi connectivity index (χ1v) is 6.88. The van der Waals surface area contributed by atoms with Crippen molar-refractivity contribution >= 4 is 0 Å². The van der Waals surface area contributed by atoms with E-state index in [9.17, 15) is 0 Å². The monoisotopic (exact) mass is 258 g/mol. The minimum atomic E-state index is 0.295. The van der Waals surface area contributed by atoms with Crippen LogP contribution in [-0.4, -0.2) is 21.1 Å². The van der Waals surface area contributed by atoms with Gasteiger partial charge in [0, 0.05) is 44.3 Å². The average Bonchev–Trinajstić information content (AvgIpc) is 2.84. The Hall–Kier alpha value is -1.68. The first-order valence-electron chi connectivity index (χ1n) is 6.88. The highest BCUT2D eigenvalue weighted by molar-refractivity contribution is 5.27. The third kappa shape index (κ3) is 3.20. The van der Waals surface area contributed by atoms with Gasteiger partial charge in [-0.1, -0.05) is 13.8 Å². The van der Waals surface area contributed by atoms with Crippen LogP contribution in [0.1, 0.15) is 36.8 Å². The lowest BCUT2D eigenvalue weighted by Gasteiger charge is -2.20. The van der Waals surface area contributed by atoms with Crippen molar-refractivity contribution in [3.8, 4) is 0 Å². The molecule has 4 nitrogen and oxygen atoms in total. The van der Waals surface area contributed by atoms with Crippen LogP contribution in [0.5, 0.6) is 0 Å². The van der Waals surface area contributed by atoms with Crippen molar-refractivity contribution in [2.45, 2.75) is 32.7 Å². The number of aromatic nitrogens is 3. The number of likely N-dealkylation sites (N-methyl/N-ethyl adjacent to an activating group) is 1. The molecular weight excluding hydrogens is 236 g/mol. The fourth-order valence-electron chi connectivity index (χ4n) is 2.39. The molecule has 1 N–H and O–H groups in total. The van der Waals surface area contributed by atoms with Gasteiger partial charge in [0.25, 0.3) is 0 Å². The van der Waals surface area contributed by atoms with Crippen LogP contribution in [0.15, 0.2) is 30.9 Å². The first-order chi connectivity index (χ1) is 9.26. The normalized spacial score (nSPS) is 12.6. The van der Waals surface area contributed by atoms with E-state index in [1.54, 1.807) is 0 Å². The van der Waals surface area contributed by atoms with Gasteiger partial charge in [-0.05, 0) is 30.2 Å². The van der Waals surface area contributed by atoms with E-state index in [1.165, 1.54) is 11.1 Å². The summed E-state index contributed by atoms with van der Waals surface area (Å²) in [6, 6.07) is 2.42. The molecule has 4 heteroatoms. The van der Waals surface area contributed by atoms with Crippen molar-refractivity contribution in [1.82, 2.24) is 19.9 Å². The molecule has 0 saturated heterocycles. The number of hydrogen-bond donors (Lipinski definition) is 1. The second-order valence-electron chi connectivity index (χ2n) is 4.70. The molecule has 2 aromatic rings. The summed E-state index contributed by atoms with van der Waals surface area (Å²) in [5, 5.41) is 3.56. The van der Waals surface area contributed by atoms with E-state index in [4.69, 9.17) is 0 Å². The van der Waals surface area contributed by atoms with E-state index >= 15 is 0 Å². The van der Waals surface area contributed by atoms with E-state index in [2.05, 4.69) is 39.8 Å². The van der Waals surface area contributed by atoms with Gasteiger partial charge in [-0.25, -0.2) is 4.98 Å². The molecule has 0 aliphatic heterocycles. The van der Waals surface area contributed by atoms with Crippen molar-refractivity contribution in [3.63, 3.8) is 0 Å². The van der Waals surface area contributed by atoms with E-state index < -0.39 is 0 Å². The number of pyridine rings is 1. The number of nitrogens with zero attached hydrogens (tertiary/aromatic N) is 3. The zero-order valence-corrected chi connectivity index (χ0v) is 11.9. The van der Waals surface area contributed by atoms with Crippen LogP contribution in [0.2, 0.25) is 0 Å². The summed E-state index contributed by atoms with van der Waals surface area (Å²) >= 11 is 0. The second-order valence-corrected chi connectivity index (χ2v) is 4.70. The lowest BCUT2D eigenvalue weighted by molar-refractivity contribution is 0.525. The van der Waals surface area contributed by atoms with E-state index in [1.807, 2.05) is 31.8 Å². The highest BCUT2D eigenvalue weighted by Crippen LogP contribution is 2.21. The third-order valence-corrected chi connectivity index (χ3v) is 3.46. The molecular formula is C15H22N4. The molecule has 0 amide bonds. The summed E-state index contributed by atoms with van der Waals surface area (Å²) in [5.74, 6) is 1.10. The molecule has 2 rings (SSSR count). The Morgan fingerprint density at radius 3 is 2.79 bits per heavy atom. The van der Waals surface area contributed by atoms with E-state index in [0.29, 0.717) is 6.04 Å². The molecule has 0 radical (unpaired) electrons. The molecule has 0 saturated carbocycles. The number of rotatable bonds is 6. The number of aryl methyl sites for hydroxylation is 2. The maximum Gasteiger partial charge on any atom is 0.110 e. The van der Waals surface area contributed by atoms with Gasteiger partial charge in [-0.15, -0.1) is 0 Å². The van der Waals surface area contributed by atoms with E-state index in [-0.39, 0.29) is 0 Å². The fourth-order valence-corrected chi connectivity index (χ4v) is 2.39. The Morgan fingerprint density at radius 1 is 1.32 bits per heavy atom. The number of nitrogens with one attached hydrogen (secondary N) is 1. The maximum absolute atomic E-state index is 4.43. The van der Waals surface area contributed by atoms with Crippen LogP contribution >= 0.6 is 0 Å². The van der Waals surface area contributed by atoms with Gasteiger partial charge in [0.2, 0.25) is 0 Å². The second kappa shape index (κ2) is 6.48. The predicted molar refractivity (Wildman–Crippen MR) is 76.9 cm³/mol. The molecule has 2 heterocycles.